The largest absolute Gasteiger partial charge is 0.494 e. The highest BCUT2D eigenvalue weighted by molar-refractivity contribution is 6.83. The number of esters is 1. The van der Waals surface area contributed by atoms with Gasteiger partial charge in [0.05, 0.1) is 12.2 Å². The van der Waals surface area contributed by atoms with Crippen LogP contribution in [0.1, 0.15) is 54.9 Å². The molecule has 0 saturated carbocycles. The van der Waals surface area contributed by atoms with E-state index < -0.39 is 8.07 Å². The fourth-order valence-electron chi connectivity index (χ4n) is 2.61. The van der Waals surface area contributed by atoms with Crippen molar-refractivity contribution in [1.29, 1.82) is 0 Å². The van der Waals surface area contributed by atoms with Gasteiger partial charge in [0.1, 0.15) is 19.6 Å². The Morgan fingerprint density at radius 1 is 0.862 bits per heavy atom. The Labute approximate surface area is 176 Å². The lowest BCUT2D eigenvalue weighted by atomic mass is 10.2. The monoisotopic (exact) mass is 408 g/mol. The van der Waals surface area contributed by atoms with Crippen LogP contribution in [-0.4, -0.2) is 20.7 Å². The maximum Gasteiger partial charge on any atom is 0.343 e. The second kappa shape index (κ2) is 11.5. The molecule has 0 aliphatic heterocycles. The number of unbranched alkanes of at least 4 members (excludes halogenated alkanes) is 4. The molecular weight excluding hydrogens is 376 g/mol. The Morgan fingerprint density at radius 3 is 2.10 bits per heavy atom. The summed E-state index contributed by atoms with van der Waals surface area (Å²) in [7, 11) is -1.40. The molecule has 0 aliphatic rings. The molecular formula is C25H32O3Si. The normalized spacial score (nSPS) is 10.8. The van der Waals surface area contributed by atoms with Crippen molar-refractivity contribution in [3.8, 4) is 23.0 Å². The van der Waals surface area contributed by atoms with E-state index in [-0.39, 0.29) is 5.97 Å². The molecule has 29 heavy (non-hydrogen) atoms. The molecule has 2 aromatic carbocycles. The van der Waals surface area contributed by atoms with Crippen LogP contribution in [0.25, 0.3) is 0 Å². The van der Waals surface area contributed by atoms with Gasteiger partial charge in [0, 0.05) is 5.56 Å². The molecule has 0 N–H and O–H groups in total. The van der Waals surface area contributed by atoms with E-state index in [1.807, 2.05) is 24.3 Å². The zero-order valence-electron chi connectivity index (χ0n) is 18.1. The van der Waals surface area contributed by atoms with E-state index in [2.05, 4.69) is 38.0 Å². The minimum Gasteiger partial charge on any atom is -0.494 e. The van der Waals surface area contributed by atoms with Crippen molar-refractivity contribution in [2.24, 2.45) is 0 Å². The van der Waals surface area contributed by atoms with Crippen molar-refractivity contribution >= 4 is 14.0 Å². The summed E-state index contributed by atoms with van der Waals surface area (Å²) in [6.45, 7) is 9.54. The van der Waals surface area contributed by atoms with Crippen molar-refractivity contribution in [1.82, 2.24) is 0 Å². The van der Waals surface area contributed by atoms with Crippen molar-refractivity contribution in [2.75, 3.05) is 6.61 Å². The molecule has 0 amide bonds. The third-order valence-corrected chi connectivity index (χ3v) is 5.13. The first kappa shape index (κ1) is 22.8. The summed E-state index contributed by atoms with van der Waals surface area (Å²) >= 11 is 0. The quantitative estimate of drug-likeness (QED) is 0.156. The van der Waals surface area contributed by atoms with E-state index >= 15 is 0 Å². The summed E-state index contributed by atoms with van der Waals surface area (Å²) in [6.07, 6.45) is 6.04. The van der Waals surface area contributed by atoms with Crippen LogP contribution in [0.2, 0.25) is 19.6 Å². The molecule has 0 radical (unpaired) electrons. The van der Waals surface area contributed by atoms with Gasteiger partial charge in [0.2, 0.25) is 0 Å². The molecule has 3 nitrogen and oxygen atoms in total. The van der Waals surface area contributed by atoms with Crippen molar-refractivity contribution in [3.63, 3.8) is 0 Å². The lowest BCUT2D eigenvalue weighted by Gasteiger charge is -2.08. The Bertz CT molecular complexity index is 822. The standard InChI is InChI=1S/C25H32O3Si/c1-5-6-7-8-9-19-27-23-16-12-22(13-17-23)25(26)28-24-14-10-21(11-15-24)18-20-29(2,3)4/h10-17H,5-9,19H2,1-4H3. The predicted molar refractivity (Wildman–Crippen MR) is 122 cm³/mol. The molecule has 0 aliphatic carbocycles. The van der Waals surface area contributed by atoms with Gasteiger partial charge in [0.25, 0.3) is 0 Å². The van der Waals surface area contributed by atoms with Crippen LogP contribution in [0.4, 0.5) is 0 Å². The number of ether oxygens (including phenoxy) is 2. The number of hydrogen-bond acceptors (Lipinski definition) is 3. The van der Waals surface area contributed by atoms with Crippen molar-refractivity contribution in [2.45, 2.75) is 58.7 Å². The van der Waals surface area contributed by atoms with Gasteiger partial charge in [-0.15, -0.1) is 5.54 Å². The van der Waals surface area contributed by atoms with E-state index in [9.17, 15) is 4.79 Å². The Kier molecular flexibility index (Phi) is 9.01. The maximum absolute atomic E-state index is 12.3. The van der Waals surface area contributed by atoms with Gasteiger partial charge in [-0.25, -0.2) is 4.79 Å². The fourth-order valence-corrected chi connectivity index (χ4v) is 3.13. The molecule has 0 unspecified atom stereocenters. The molecule has 2 aromatic rings. The number of carbonyl (C=O) groups excluding carboxylic acids is 1. The van der Waals surface area contributed by atoms with Gasteiger partial charge in [-0.2, -0.15) is 0 Å². The average Bonchev–Trinajstić information content (AvgIpc) is 2.70. The van der Waals surface area contributed by atoms with E-state index in [1.54, 1.807) is 24.3 Å². The van der Waals surface area contributed by atoms with E-state index in [1.165, 1.54) is 25.7 Å². The SMILES string of the molecule is CCCCCCCOc1ccc(C(=O)Oc2ccc(C#C[Si](C)(C)C)cc2)cc1. The van der Waals surface area contributed by atoms with Gasteiger partial charge >= 0.3 is 5.97 Å². The third-order valence-electron chi connectivity index (χ3n) is 4.25. The van der Waals surface area contributed by atoms with E-state index in [0.717, 1.165) is 17.7 Å². The van der Waals surface area contributed by atoms with Crippen LogP contribution in [0, 0.1) is 11.5 Å². The first-order valence-electron chi connectivity index (χ1n) is 10.5. The van der Waals surface area contributed by atoms with Gasteiger partial charge in [-0.05, 0) is 55.0 Å². The molecule has 0 bridgehead atoms. The average molecular weight is 409 g/mol. The van der Waals surface area contributed by atoms with Crippen LogP contribution < -0.4 is 9.47 Å². The number of carbonyl (C=O) groups is 1. The fraction of sp³-hybridized carbons (Fsp3) is 0.400. The highest BCUT2D eigenvalue weighted by atomic mass is 28.3. The molecule has 2 rings (SSSR count). The summed E-state index contributed by atoms with van der Waals surface area (Å²) in [5.41, 5.74) is 4.76. The zero-order chi connectivity index (χ0) is 21.1. The molecule has 0 heterocycles. The van der Waals surface area contributed by atoms with Gasteiger partial charge in [0.15, 0.2) is 0 Å². The van der Waals surface area contributed by atoms with Crippen LogP contribution in [0.15, 0.2) is 48.5 Å². The number of rotatable bonds is 9. The minimum atomic E-state index is -1.40. The number of benzene rings is 2. The summed E-state index contributed by atoms with van der Waals surface area (Å²) in [5, 5.41) is 0. The summed E-state index contributed by atoms with van der Waals surface area (Å²) < 4.78 is 11.2. The Balaban J connectivity index is 1.83. The highest BCUT2D eigenvalue weighted by Crippen LogP contribution is 2.17. The van der Waals surface area contributed by atoms with Crippen LogP contribution in [0.3, 0.4) is 0 Å². The minimum absolute atomic E-state index is 0.378. The van der Waals surface area contributed by atoms with Crippen molar-refractivity contribution in [3.05, 3.63) is 59.7 Å². The zero-order valence-corrected chi connectivity index (χ0v) is 19.1. The molecule has 0 saturated heterocycles. The molecule has 0 aromatic heterocycles. The highest BCUT2D eigenvalue weighted by Gasteiger charge is 2.10. The maximum atomic E-state index is 12.3. The third kappa shape index (κ3) is 9.02. The molecule has 4 heteroatoms. The van der Waals surface area contributed by atoms with Gasteiger partial charge in [-0.1, -0.05) is 58.2 Å². The predicted octanol–water partition coefficient (Wildman–Crippen LogP) is 6.48. The lowest BCUT2D eigenvalue weighted by molar-refractivity contribution is 0.0734. The Morgan fingerprint density at radius 2 is 1.48 bits per heavy atom. The topological polar surface area (TPSA) is 35.5 Å². The molecule has 0 spiro atoms. The summed E-state index contributed by atoms with van der Waals surface area (Å²) in [4.78, 5) is 12.3. The smallest absolute Gasteiger partial charge is 0.343 e. The number of hydrogen-bond donors (Lipinski definition) is 0. The molecule has 0 atom stereocenters. The second-order valence-corrected chi connectivity index (χ2v) is 13.0. The molecule has 0 fully saturated rings. The van der Waals surface area contributed by atoms with Gasteiger partial charge < -0.3 is 9.47 Å². The lowest BCUT2D eigenvalue weighted by Crippen LogP contribution is -2.16. The molecule has 154 valence electrons. The van der Waals surface area contributed by atoms with Crippen LogP contribution >= 0.6 is 0 Å². The Hall–Kier alpha value is -2.51. The first-order valence-corrected chi connectivity index (χ1v) is 14.0. The van der Waals surface area contributed by atoms with Crippen molar-refractivity contribution < 1.29 is 14.3 Å². The van der Waals surface area contributed by atoms with E-state index in [4.69, 9.17) is 9.47 Å². The van der Waals surface area contributed by atoms with Crippen LogP contribution in [0.5, 0.6) is 11.5 Å². The summed E-state index contributed by atoms with van der Waals surface area (Å²) in [6, 6.07) is 14.4. The second-order valence-electron chi connectivity index (χ2n) is 8.20. The van der Waals surface area contributed by atoms with E-state index in [0.29, 0.717) is 17.9 Å². The summed E-state index contributed by atoms with van der Waals surface area (Å²) in [5.74, 6) is 4.11. The van der Waals surface area contributed by atoms with Crippen LogP contribution in [-0.2, 0) is 0 Å². The first-order chi connectivity index (χ1) is 13.9. The van der Waals surface area contributed by atoms with Gasteiger partial charge in [-0.3, -0.25) is 0 Å².